The van der Waals surface area contributed by atoms with Gasteiger partial charge in [0.25, 0.3) is 0 Å². The van der Waals surface area contributed by atoms with Crippen molar-refractivity contribution in [3.63, 3.8) is 0 Å². The molecule has 0 bridgehead atoms. The van der Waals surface area contributed by atoms with E-state index in [4.69, 9.17) is 0 Å². The highest BCUT2D eigenvalue weighted by molar-refractivity contribution is 5.87. The molecule has 1 aromatic rings. The van der Waals surface area contributed by atoms with Crippen LogP contribution in [0, 0.1) is 18.7 Å². The maximum Gasteiger partial charge on any atom is 0.133 e. The van der Waals surface area contributed by atoms with Gasteiger partial charge in [-0.1, -0.05) is 39.3 Å². The van der Waals surface area contributed by atoms with Gasteiger partial charge in [-0.2, -0.15) is 0 Å². The van der Waals surface area contributed by atoms with Gasteiger partial charge in [0.05, 0.1) is 5.69 Å². The van der Waals surface area contributed by atoms with Crippen LogP contribution in [-0.4, -0.2) is 12.4 Å². The second kappa shape index (κ2) is 9.96. The van der Waals surface area contributed by atoms with Crippen molar-refractivity contribution in [3.05, 3.63) is 47.4 Å². The summed E-state index contributed by atoms with van der Waals surface area (Å²) in [7, 11) is 0. The zero-order valence-electron chi connectivity index (χ0n) is 15.6. The number of benzene rings is 1. The van der Waals surface area contributed by atoms with Crippen molar-refractivity contribution in [1.29, 1.82) is 0 Å². The molecule has 0 amide bonds. The van der Waals surface area contributed by atoms with Crippen molar-refractivity contribution in [3.8, 4) is 0 Å². The summed E-state index contributed by atoms with van der Waals surface area (Å²) in [4.78, 5) is 8.44. The molecule has 24 heavy (non-hydrogen) atoms. The second-order valence-electron chi connectivity index (χ2n) is 6.14. The molecule has 0 N–H and O–H groups in total. The number of rotatable bonds is 8. The lowest BCUT2D eigenvalue weighted by Gasteiger charge is -2.12. The smallest absolute Gasteiger partial charge is 0.133 e. The van der Waals surface area contributed by atoms with E-state index in [-0.39, 0.29) is 5.82 Å². The number of hydrogen-bond acceptors (Lipinski definition) is 2. The first-order chi connectivity index (χ1) is 11.4. The molecule has 3 heteroatoms. The van der Waals surface area contributed by atoms with Crippen LogP contribution in [0.5, 0.6) is 0 Å². The molecule has 0 fully saturated rings. The van der Waals surface area contributed by atoms with Crippen molar-refractivity contribution in [1.82, 2.24) is 0 Å². The number of hydrogen-bond donors (Lipinski definition) is 0. The third-order valence-corrected chi connectivity index (χ3v) is 4.09. The molecule has 130 valence electrons. The molecule has 1 aromatic carbocycles. The Labute approximate surface area is 145 Å². The number of aryl methyl sites for hydroxylation is 1. The largest absolute Gasteiger partial charge is 0.272 e. The standard InChI is InChI=1S/C21H29FN2/c1-7-9-11-18(14-23-6)19-12-16(4)21(13-20(19)22)24-17(5)15(3)10-8-2/h9,11-15H,6-8,10H2,1-5H3/b11-9-,18-14+,24-17?. The molecule has 0 aromatic heterocycles. The first kappa shape index (κ1) is 20.0. The fraction of sp³-hybridized carbons (Fsp3) is 0.429. The summed E-state index contributed by atoms with van der Waals surface area (Å²) < 4.78 is 14.6. The highest BCUT2D eigenvalue weighted by atomic mass is 19.1. The van der Waals surface area contributed by atoms with Gasteiger partial charge < -0.3 is 0 Å². The fourth-order valence-electron chi connectivity index (χ4n) is 2.50. The summed E-state index contributed by atoms with van der Waals surface area (Å²) in [5.74, 6) is 0.121. The topological polar surface area (TPSA) is 24.7 Å². The van der Waals surface area contributed by atoms with Crippen LogP contribution in [0.2, 0.25) is 0 Å². The predicted octanol–water partition coefficient (Wildman–Crippen LogP) is 6.67. The van der Waals surface area contributed by atoms with Gasteiger partial charge in [-0.15, -0.1) is 0 Å². The highest BCUT2D eigenvalue weighted by Crippen LogP contribution is 2.29. The molecule has 0 heterocycles. The van der Waals surface area contributed by atoms with E-state index in [1.165, 1.54) is 6.07 Å². The maximum atomic E-state index is 14.6. The summed E-state index contributed by atoms with van der Waals surface area (Å²) in [5, 5.41) is 0. The van der Waals surface area contributed by atoms with Crippen molar-refractivity contribution >= 4 is 23.7 Å². The van der Waals surface area contributed by atoms with Crippen LogP contribution in [0.3, 0.4) is 0 Å². The zero-order valence-corrected chi connectivity index (χ0v) is 15.6. The van der Waals surface area contributed by atoms with E-state index in [9.17, 15) is 4.39 Å². The third-order valence-electron chi connectivity index (χ3n) is 4.09. The van der Waals surface area contributed by atoms with E-state index in [1.54, 1.807) is 6.20 Å². The molecule has 0 aliphatic rings. The maximum absolute atomic E-state index is 14.6. The molecular weight excluding hydrogens is 299 g/mol. The van der Waals surface area contributed by atoms with Crippen molar-refractivity contribution < 1.29 is 4.39 Å². The molecule has 1 atom stereocenters. The van der Waals surface area contributed by atoms with E-state index in [0.717, 1.165) is 36.1 Å². The minimum atomic E-state index is -0.286. The van der Waals surface area contributed by atoms with E-state index in [1.807, 2.05) is 39.0 Å². The van der Waals surface area contributed by atoms with Crippen LogP contribution in [0.15, 0.2) is 40.5 Å². The van der Waals surface area contributed by atoms with Gasteiger partial charge in [0, 0.05) is 29.1 Å². The zero-order chi connectivity index (χ0) is 18.1. The molecular formula is C21H29FN2. The first-order valence-electron chi connectivity index (χ1n) is 8.62. The highest BCUT2D eigenvalue weighted by Gasteiger charge is 2.11. The normalized spacial score (nSPS) is 14.2. The molecule has 0 spiro atoms. The van der Waals surface area contributed by atoms with Crippen LogP contribution in [0.4, 0.5) is 10.1 Å². The minimum Gasteiger partial charge on any atom is -0.272 e. The first-order valence-corrected chi connectivity index (χ1v) is 8.62. The molecule has 0 aliphatic carbocycles. The average molecular weight is 328 g/mol. The Morgan fingerprint density at radius 2 is 2.04 bits per heavy atom. The van der Waals surface area contributed by atoms with Gasteiger partial charge >= 0.3 is 0 Å². The molecule has 1 rings (SSSR count). The Balaban J connectivity index is 3.26. The average Bonchev–Trinajstić information content (AvgIpc) is 2.54. The summed E-state index contributed by atoms with van der Waals surface area (Å²) >= 11 is 0. The fourth-order valence-corrected chi connectivity index (χ4v) is 2.50. The Hall–Kier alpha value is -2.03. The Morgan fingerprint density at radius 3 is 2.62 bits per heavy atom. The van der Waals surface area contributed by atoms with Gasteiger partial charge in [-0.25, -0.2) is 4.39 Å². The van der Waals surface area contributed by atoms with Crippen LogP contribution in [0.25, 0.3) is 5.57 Å². The van der Waals surface area contributed by atoms with Gasteiger partial charge in [0.15, 0.2) is 0 Å². The van der Waals surface area contributed by atoms with Gasteiger partial charge in [-0.05, 0) is 51.0 Å². The molecule has 0 aliphatic heterocycles. The van der Waals surface area contributed by atoms with Crippen molar-refractivity contribution in [2.75, 3.05) is 0 Å². The van der Waals surface area contributed by atoms with Crippen molar-refractivity contribution in [2.45, 2.75) is 53.9 Å². The number of halogens is 1. The lowest BCUT2D eigenvalue weighted by Crippen LogP contribution is -2.06. The van der Waals surface area contributed by atoms with Crippen LogP contribution in [-0.2, 0) is 0 Å². The summed E-state index contributed by atoms with van der Waals surface area (Å²) in [5.41, 5.74) is 3.94. The summed E-state index contributed by atoms with van der Waals surface area (Å²) in [6.45, 7) is 13.8. The molecule has 1 unspecified atom stereocenters. The molecule has 2 nitrogen and oxygen atoms in total. The SMILES string of the molecule is C=N/C=C(\C=C/CC)c1cc(C)c(N=C(C)C(C)CCC)cc1F. The number of aliphatic imine (C=N–C) groups is 2. The third kappa shape index (κ3) is 5.55. The Bertz CT molecular complexity index is 654. The van der Waals surface area contributed by atoms with Crippen LogP contribution < -0.4 is 0 Å². The lowest BCUT2D eigenvalue weighted by molar-refractivity contribution is 0.624. The number of nitrogens with zero attached hydrogens (tertiary/aromatic N) is 2. The quantitative estimate of drug-likeness (QED) is 0.376. The van der Waals surface area contributed by atoms with E-state index in [2.05, 4.69) is 30.5 Å². The van der Waals surface area contributed by atoms with Crippen LogP contribution >= 0.6 is 0 Å². The van der Waals surface area contributed by atoms with Crippen LogP contribution in [0.1, 0.15) is 58.1 Å². The van der Waals surface area contributed by atoms with E-state index < -0.39 is 0 Å². The monoisotopic (exact) mass is 328 g/mol. The van der Waals surface area contributed by atoms with Gasteiger partial charge in [0.1, 0.15) is 5.82 Å². The lowest BCUT2D eigenvalue weighted by atomic mass is 10.00. The van der Waals surface area contributed by atoms with E-state index in [0.29, 0.717) is 17.2 Å². The van der Waals surface area contributed by atoms with E-state index >= 15 is 0 Å². The molecule has 0 saturated carbocycles. The summed E-state index contributed by atoms with van der Waals surface area (Å²) in [6.07, 6.45) is 8.54. The molecule has 0 saturated heterocycles. The Morgan fingerprint density at radius 1 is 1.33 bits per heavy atom. The molecule has 0 radical (unpaired) electrons. The summed E-state index contributed by atoms with van der Waals surface area (Å²) in [6, 6.07) is 3.35. The predicted molar refractivity (Wildman–Crippen MR) is 105 cm³/mol. The van der Waals surface area contributed by atoms with Gasteiger partial charge in [0.2, 0.25) is 0 Å². The Kier molecular flexibility index (Phi) is 8.31. The number of allylic oxidation sites excluding steroid dienone is 3. The van der Waals surface area contributed by atoms with Gasteiger partial charge in [-0.3, -0.25) is 9.98 Å². The second-order valence-corrected chi connectivity index (χ2v) is 6.14. The minimum absolute atomic E-state index is 0.286. The van der Waals surface area contributed by atoms with Crippen molar-refractivity contribution in [2.24, 2.45) is 15.9 Å².